The van der Waals surface area contributed by atoms with Gasteiger partial charge in [-0.05, 0) is 61.3 Å². The Bertz CT molecular complexity index is 441. The number of benzene rings is 1. The number of nitrogens with one attached hydrogen (secondary N) is 1. The van der Waals surface area contributed by atoms with E-state index in [1.807, 2.05) is 19.1 Å². The minimum atomic E-state index is 0.757. The SMILES string of the molecule is Cc1cc(C=O)cc(NC[C@H]2CC[C@@H](C)C[C@H]2C)c1. The molecule has 0 aliphatic heterocycles. The van der Waals surface area contributed by atoms with Crippen LogP contribution in [0.2, 0.25) is 0 Å². The summed E-state index contributed by atoms with van der Waals surface area (Å²) in [6.45, 7) is 7.78. The summed E-state index contributed by atoms with van der Waals surface area (Å²) in [5.74, 6) is 2.44. The molecule has 0 bridgehead atoms. The van der Waals surface area contributed by atoms with Crippen LogP contribution >= 0.6 is 0 Å². The summed E-state index contributed by atoms with van der Waals surface area (Å²) in [6, 6.07) is 5.97. The zero-order valence-corrected chi connectivity index (χ0v) is 12.3. The lowest BCUT2D eigenvalue weighted by molar-refractivity contribution is 0.112. The molecule has 0 amide bonds. The van der Waals surface area contributed by atoms with Crippen LogP contribution in [0.25, 0.3) is 0 Å². The van der Waals surface area contributed by atoms with E-state index < -0.39 is 0 Å². The average molecular weight is 259 g/mol. The summed E-state index contributed by atoms with van der Waals surface area (Å²) in [5, 5.41) is 3.52. The Morgan fingerprint density at radius 1 is 1.26 bits per heavy atom. The quantitative estimate of drug-likeness (QED) is 0.817. The molecule has 0 unspecified atom stereocenters. The molecule has 1 aliphatic carbocycles. The van der Waals surface area contributed by atoms with Gasteiger partial charge in [0, 0.05) is 17.8 Å². The zero-order chi connectivity index (χ0) is 13.8. The predicted molar refractivity (Wildman–Crippen MR) is 80.7 cm³/mol. The lowest BCUT2D eigenvalue weighted by atomic mass is 9.75. The molecule has 0 aromatic heterocycles. The van der Waals surface area contributed by atoms with E-state index in [9.17, 15) is 4.79 Å². The van der Waals surface area contributed by atoms with Crippen molar-refractivity contribution >= 4 is 12.0 Å². The topological polar surface area (TPSA) is 29.1 Å². The first-order chi connectivity index (χ1) is 9.08. The molecule has 2 heteroatoms. The zero-order valence-electron chi connectivity index (χ0n) is 12.3. The normalized spacial score (nSPS) is 27.0. The van der Waals surface area contributed by atoms with Crippen molar-refractivity contribution in [3.8, 4) is 0 Å². The minimum Gasteiger partial charge on any atom is -0.385 e. The number of anilines is 1. The fraction of sp³-hybridized carbons (Fsp3) is 0.588. The first-order valence-corrected chi connectivity index (χ1v) is 7.39. The third-order valence-electron chi connectivity index (χ3n) is 4.41. The summed E-state index contributed by atoms with van der Waals surface area (Å²) >= 11 is 0. The Labute approximate surface area is 116 Å². The molecule has 1 saturated carbocycles. The van der Waals surface area contributed by atoms with Crippen molar-refractivity contribution in [3.05, 3.63) is 29.3 Å². The second-order valence-electron chi connectivity index (χ2n) is 6.29. The van der Waals surface area contributed by atoms with Crippen molar-refractivity contribution in [1.82, 2.24) is 0 Å². The van der Waals surface area contributed by atoms with Crippen LogP contribution in [-0.4, -0.2) is 12.8 Å². The van der Waals surface area contributed by atoms with E-state index in [-0.39, 0.29) is 0 Å². The molecule has 19 heavy (non-hydrogen) atoms. The molecule has 0 heterocycles. The molecule has 1 N–H and O–H groups in total. The number of carbonyl (C=O) groups excluding carboxylic acids is 1. The smallest absolute Gasteiger partial charge is 0.150 e. The third-order valence-corrected chi connectivity index (χ3v) is 4.41. The molecule has 1 aliphatic rings. The molecule has 104 valence electrons. The maximum atomic E-state index is 10.9. The van der Waals surface area contributed by atoms with Crippen LogP contribution in [0.3, 0.4) is 0 Å². The van der Waals surface area contributed by atoms with Crippen LogP contribution in [-0.2, 0) is 0 Å². The summed E-state index contributed by atoms with van der Waals surface area (Å²) in [4.78, 5) is 10.9. The minimum absolute atomic E-state index is 0.757. The van der Waals surface area contributed by atoms with Crippen LogP contribution in [0.1, 0.15) is 49.0 Å². The van der Waals surface area contributed by atoms with E-state index in [1.165, 1.54) is 19.3 Å². The molecular formula is C17H25NO. The molecule has 1 fully saturated rings. The Kier molecular flexibility index (Phi) is 4.62. The fourth-order valence-electron chi connectivity index (χ4n) is 3.26. The summed E-state index contributed by atoms with van der Waals surface area (Å²) in [5.41, 5.74) is 2.97. The lowest BCUT2D eigenvalue weighted by Gasteiger charge is -2.33. The van der Waals surface area contributed by atoms with E-state index in [0.717, 1.165) is 47.4 Å². The highest BCUT2D eigenvalue weighted by atomic mass is 16.1. The molecule has 1 aromatic carbocycles. The monoisotopic (exact) mass is 259 g/mol. The maximum absolute atomic E-state index is 10.9. The standard InChI is InChI=1S/C17H25NO/c1-12-4-5-16(14(3)6-12)10-18-17-8-13(2)7-15(9-17)11-19/h7-9,11-12,14,16,18H,4-6,10H2,1-3H3/t12-,14-,16-/m1/s1. The maximum Gasteiger partial charge on any atom is 0.150 e. The van der Waals surface area contributed by atoms with Crippen molar-refractivity contribution in [1.29, 1.82) is 0 Å². The van der Waals surface area contributed by atoms with E-state index in [1.54, 1.807) is 0 Å². The van der Waals surface area contributed by atoms with Crippen LogP contribution < -0.4 is 5.32 Å². The number of hydrogen-bond acceptors (Lipinski definition) is 2. The fourth-order valence-corrected chi connectivity index (χ4v) is 3.26. The van der Waals surface area contributed by atoms with Crippen molar-refractivity contribution in [3.63, 3.8) is 0 Å². The lowest BCUT2D eigenvalue weighted by Crippen LogP contribution is -2.27. The molecule has 0 spiro atoms. The first kappa shape index (κ1) is 14.1. The molecule has 1 aromatic rings. The number of hydrogen-bond donors (Lipinski definition) is 1. The molecule has 3 atom stereocenters. The van der Waals surface area contributed by atoms with Crippen LogP contribution in [0.4, 0.5) is 5.69 Å². The Morgan fingerprint density at radius 3 is 2.74 bits per heavy atom. The van der Waals surface area contributed by atoms with Gasteiger partial charge in [-0.15, -0.1) is 0 Å². The van der Waals surface area contributed by atoms with Crippen LogP contribution in [0, 0.1) is 24.7 Å². The highest BCUT2D eigenvalue weighted by Gasteiger charge is 2.24. The van der Waals surface area contributed by atoms with Gasteiger partial charge in [0.15, 0.2) is 0 Å². The largest absolute Gasteiger partial charge is 0.385 e. The predicted octanol–water partition coefficient (Wildman–Crippen LogP) is 4.29. The third kappa shape index (κ3) is 3.82. The molecular weight excluding hydrogens is 234 g/mol. The van der Waals surface area contributed by atoms with Gasteiger partial charge < -0.3 is 5.32 Å². The summed E-state index contributed by atoms with van der Waals surface area (Å²) < 4.78 is 0. The van der Waals surface area contributed by atoms with Gasteiger partial charge >= 0.3 is 0 Å². The average Bonchev–Trinajstić information content (AvgIpc) is 2.37. The Hall–Kier alpha value is -1.31. The second-order valence-corrected chi connectivity index (χ2v) is 6.29. The molecule has 2 rings (SSSR count). The number of aryl methyl sites for hydroxylation is 1. The van der Waals surface area contributed by atoms with Crippen molar-refractivity contribution in [2.45, 2.75) is 40.0 Å². The first-order valence-electron chi connectivity index (χ1n) is 7.39. The van der Waals surface area contributed by atoms with Gasteiger partial charge in [0.2, 0.25) is 0 Å². The van der Waals surface area contributed by atoms with Gasteiger partial charge in [0.25, 0.3) is 0 Å². The van der Waals surface area contributed by atoms with E-state index in [2.05, 4.69) is 25.2 Å². The Balaban J connectivity index is 1.95. The highest BCUT2D eigenvalue weighted by Crippen LogP contribution is 2.33. The second kappa shape index (κ2) is 6.23. The highest BCUT2D eigenvalue weighted by molar-refractivity contribution is 5.77. The van der Waals surface area contributed by atoms with E-state index >= 15 is 0 Å². The summed E-state index contributed by atoms with van der Waals surface area (Å²) in [6.07, 6.45) is 4.94. The van der Waals surface area contributed by atoms with Gasteiger partial charge in [0.05, 0.1) is 0 Å². The van der Waals surface area contributed by atoms with Gasteiger partial charge in [-0.2, -0.15) is 0 Å². The van der Waals surface area contributed by atoms with Crippen LogP contribution in [0.15, 0.2) is 18.2 Å². The van der Waals surface area contributed by atoms with Gasteiger partial charge in [0.1, 0.15) is 6.29 Å². The molecule has 2 nitrogen and oxygen atoms in total. The molecule has 0 radical (unpaired) electrons. The Morgan fingerprint density at radius 2 is 2.05 bits per heavy atom. The number of carbonyl (C=O) groups is 1. The van der Waals surface area contributed by atoms with Crippen molar-refractivity contribution < 1.29 is 4.79 Å². The van der Waals surface area contributed by atoms with Gasteiger partial charge in [-0.3, -0.25) is 4.79 Å². The van der Waals surface area contributed by atoms with Crippen LogP contribution in [0.5, 0.6) is 0 Å². The van der Waals surface area contributed by atoms with Crippen molar-refractivity contribution in [2.24, 2.45) is 17.8 Å². The van der Waals surface area contributed by atoms with Gasteiger partial charge in [-0.1, -0.05) is 20.3 Å². The molecule has 0 saturated heterocycles. The number of rotatable bonds is 4. The summed E-state index contributed by atoms with van der Waals surface area (Å²) in [7, 11) is 0. The van der Waals surface area contributed by atoms with Crippen molar-refractivity contribution in [2.75, 3.05) is 11.9 Å². The number of aldehydes is 1. The van der Waals surface area contributed by atoms with E-state index in [0.29, 0.717) is 0 Å². The van der Waals surface area contributed by atoms with Gasteiger partial charge in [-0.25, -0.2) is 0 Å². The van der Waals surface area contributed by atoms with E-state index in [4.69, 9.17) is 0 Å².